The number of halogens is 1. The SMILES string of the molecule is CN=C(NCC(C)Oc1ccccc1)NC1CCN(c2cccc(F)c2)CC1. The Hall–Kier alpha value is -2.76. The van der Waals surface area contributed by atoms with E-state index in [9.17, 15) is 4.39 Å². The number of nitrogens with one attached hydrogen (secondary N) is 2. The molecular formula is C22H29FN4O. The van der Waals surface area contributed by atoms with Crippen molar-refractivity contribution in [3.05, 3.63) is 60.4 Å². The number of para-hydroxylation sites is 1. The molecule has 1 aliphatic heterocycles. The van der Waals surface area contributed by atoms with Crippen molar-refractivity contribution in [1.82, 2.24) is 10.6 Å². The van der Waals surface area contributed by atoms with E-state index in [-0.39, 0.29) is 11.9 Å². The summed E-state index contributed by atoms with van der Waals surface area (Å²) < 4.78 is 19.3. The largest absolute Gasteiger partial charge is 0.489 e. The van der Waals surface area contributed by atoms with Gasteiger partial charge in [0.25, 0.3) is 0 Å². The highest BCUT2D eigenvalue weighted by Crippen LogP contribution is 2.20. The minimum Gasteiger partial charge on any atom is -0.489 e. The van der Waals surface area contributed by atoms with Gasteiger partial charge in [-0.3, -0.25) is 4.99 Å². The van der Waals surface area contributed by atoms with Crippen molar-refractivity contribution in [3.63, 3.8) is 0 Å². The monoisotopic (exact) mass is 384 g/mol. The lowest BCUT2D eigenvalue weighted by molar-refractivity contribution is 0.223. The van der Waals surface area contributed by atoms with E-state index in [1.54, 1.807) is 19.2 Å². The van der Waals surface area contributed by atoms with E-state index >= 15 is 0 Å². The van der Waals surface area contributed by atoms with Gasteiger partial charge in [-0.05, 0) is 50.1 Å². The van der Waals surface area contributed by atoms with Crippen LogP contribution in [0.25, 0.3) is 0 Å². The van der Waals surface area contributed by atoms with Gasteiger partial charge in [0.15, 0.2) is 5.96 Å². The molecule has 1 heterocycles. The van der Waals surface area contributed by atoms with Gasteiger partial charge in [-0.2, -0.15) is 0 Å². The smallest absolute Gasteiger partial charge is 0.191 e. The zero-order valence-corrected chi connectivity index (χ0v) is 16.6. The Morgan fingerprint density at radius 1 is 1.18 bits per heavy atom. The van der Waals surface area contributed by atoms with E-state index in [2.05, 4.69) is 20.5 Å². The van der Waals surface area contributed by atoms with Gasteiger partial charge in [-0.1, -0.05) is 24.3 Å². The highest BCUT2D eigenvalue weighted by atomic mass is 19.1. The summed E-state index contributed by atoms with van der Waals surface area (Å²) in [6.07, 6.45) is 1.98. The number of hydrogen-bond acceptors (Lipinski definition) is 3. The average molecular weight is 384 g/mol. The van der Waals surface area contributed by atoms with Gasteiger partial charge in [-0.25, -0.2) is 4.39 Å². The van der Waals surface area contributed by atoms with Crippen LogP contribution in [0.15, 0.2) is 59.6 Å². The lowest BCUT2D eigenvalue weighted by Gasteiger charge is -2.34. The summed E-state index contributed by atoms with van der Waals surface area (Å²) in [5.74, 6) is 1.46. The summed E-state index contributed by atoms with van der Waals surface area (Å²) in [5.41, 5.74) is 0.952. The molecule has 0 aromatic heterocycles. The number of piperidine rings is 1. The first-order valence-corrected chi connectivity index (χ1v) is 9.83. The number of rotatable bonds is 6. The first-order valence-electron chi connectivity index (χ1n) is 9.83. The lowest BCUT2D eigenvalue weighted by Crippen LogP contribution is -2.50. The second-order valence-electron chi connectivity index (χ2n) is 7.08. The molecule has 0 amide bonds. The van der Waals surface area contributed by atoms with E-state index in [1.807, 2.05) is 43.3 Å². The molecule has 5 nitrogen and oxygen atoms in total. The standard InChI is InChI=1S/C22H29FN4O/c1-17(28-21-9-4-3-5-10-21)16-25-22(24-2)26-19-11-13-27(14-12-19)20-8-6-7-18(23)15-20/h3-10,15,17,19H,11-14,16H2,1-2H3,(H2,24,25,26). The quantitative estimate of drug-likeness (QED) is 0.592. The van der Waals surface area contributed by atoms with E-state index in [0.29, 0.717) is 12.6 Å². The minimum absolute atomic E-state index is 0.0239. The Labute approximate surface area is 166 Å². The second-order valence-corrected chi connectivity index (χ2v) is 7.08. The number of anilines is 1. The molecule has 0 saturated carbocycles. The van der Waals surface area contributed by atoms with E-state index in [4.69, 9.17) is 4.74 Å². The van der Waals surface area contributed by atoms with Crippen molar-refractivity contribution in [2.75, 3.05) is 31.6 Å². The fourth-order valence-electron chi connectivity index (χ4n) is 3.36. The van der Waals surface area contributed by atoms with Crippen LogP contribution < -0.4 is 20.3 Å². The van der Waals surface area contributed by atoms with E-state index in [1.165, 1.54) is 6.07 Å². The normalized spacial score (nSPS) is 16.5. The molecule has 1 atom stereocenters. The topological polar surface area (TPSA) is 48.9 Å². The van der Waals surface area contributed by atoms with Gasteiger partial charge in [-0.15, -0.1) is 0 Å². The summed E-state index contributed by atoms with van der Waals surface area (Å²) in [5, 5.41) is 6.83. The third-order valence-electron chi connectivity index (χ3n) is 4.87. The maximum atomic E-state index is 13.4. The number of benzene rings is 2. The summed E-state index contributed by atoms with van der Waals surface area (Å²) in [4.78, 5) is 6.55. The van der Waals surface area contributed by atoms with Gasteiger partial charge >= 0.3 is 0 Å². The van der Waals surface area contributed by atoms with Gasteiger partial charge in [0.05, 0.1) is 6.54 Å². The van der Waals surface area contributed by atoms with Gasteiger partial charge in [0.1, 0.15) is 17.7 Å². The number of hydrogen-bond donors (Lipinski definition) is 2. The Morgan fingerprint density at radius 2 is 1.93 bits per heavy atom. The molecular weight excluding hydrogens is 355 g/mol. The minimum atomic E-state index is -0.186. The Morgan fingerprint density at radius 3 is 2.61 bits per heavy atom. The summed E-state index contributed by atoms with van der Waals surface area (Å²) >= 11 is 0. The molecule has 0 spiro atoms. The number of guanidine groups is 1. The van der Waals surface area contributed by atoms with Crippen LogP contribution in [-0.4, -0.2) is 44.8 Å². The Bertz CT molecular complexity index is 760. The van der Waals surface area contributed by atoms with E-state index in [0.717, 1.165) is 43.3 Å². The number of nitrogens with zero attached hydrogens (tertiary/aromatic N) is 2. The average Bonchev–Trinajstić information content (AvgIpc) is 2.72. The molecule has 1 unspecified atom stereocenters. The third-order valence-corrected chi connectivity index (χ3v) is 4.87. The Balaban J connectivity index is 1.41. The molecule has 1 fully saturated rings. The molecule has 2 N–H and O–H groups in total. The van der Waals surface area contributed by atoms with Crippen molar-refractivity contribution in [3.8, 4) is 5.75 Å². The van der Waals surface area contributed by atoms with Crippen molar-refractivity contribution in [2.45, 2.75) is 31.9 Å². The van der Waals surface area contributed by atoms with E-state index < -0.39 is 0 Å². The van der Waals surface area contributed by atoms with Crippen LogP contribution in [0.5, 0.6) is 5.75 Å². The molecule has 0 aliphatic carbocycles. The van der Waals surface area contributed by atoms with Crippen molar-refractivity contribution >= 4 is 11.6 Å². The van der Waals surface area contributed by atoms with Crippen molar-refractivity contribution in [2.24, 2.45) is 4.99 Å². The van der Waals surface area contributed by atoms with Crippen LogP contribution in [-0.2, 0) is 0 Å². The molecule has 0 radical (unpaired) electrons. The van der Waals surface area contributed by atoms with Crippen molar-refractivity contribution < 1.29 is 9.13 Å². The molecule has 1 saturated heterocycles. The summed E-state index contributed by atoms with van der Waals surface area (Å²) in [6.45, 7) is 4.48. The number of aliphatic imine (C=N–C) groups is 1. The molecule has 28 heavy (non-hydrogen) atoms. The van der Waals surface area contributed by atoms with Crippen LogP contribution in [0, 0.1) is 5.82 Å². The summed E-state index contributed by atoms with van der Waals surface area (Å²) in [7, 11) is 1.78. The lowest BCUT2D eigenvalue weighted by atomic mass is 10.0. The maximum Gasteiger partial charge on any atom is 0.191 e. The van der Waals surface area contributed by atoms with Crippen LogP contribution in [0.2, 0.25) is 0 Å². The first-order chi connectivity index (χ1) is 13.6. The second kappa shape index (κ2) is 9.97. The van der Waals surface area contributed by atoms with Crippen LogP contribution in [0.4, 0.5) is 10.1 Å². The highest BCUT2D eigenvalue weighted by molar-refractivity contribution is 5.80. The Kier molecular flexibility index (Phi) is 7.12. The predicted octanol–water partition coefficient (Wildman–Crippen LogP) is 3.43. The first kappa shape index (κ1) is 20.0. The predicted molar refractivity (Wildman–Crippen MR) is 113 cm³/mol. The highest BCUT2D eigenvalue weighted by Gasteiger charge is 2.20. The molecule has 150 valence electrons. The van der Waals surface area contributed by atoms with Gasteiger partial charge in [0, 0.05) is 31.9 Å². The molecule has 6 heteroatoms. The van der Waals surface area contributed by atoms with Crippen LogP contribution in [0.1, 0.15) is 19.8 Å². The molecule has 2 aromatic carbocycles. The molecule has 3 rings (SSSR count). The zero-order chi connectivity index (χ0) is 19.8. The van der Waals surface area contributed by atoms with Crippen LogP contribution in [0.3, 0.4) is 0 Å². The zero-order valence-electron chi connectivity index (χ0n) is 16.6. The number of ether oxygens (including phenoxy) is 1. The summed E-state index contributed by atoms with van der Waals surface area (Å²) in [6, 6.07) is 17.0. The van der Waals surface area contributed by atoms with Crippen molar-refractivity contribution in [1.29, 1.82) is 0 Å². The third kappa shape index (κ3) is 5.87. The van der Waals surface area contributed by atoms with Crippen LogP contribution >= 0.6 is 0 Å². The molecule has 0 bridgehead atoms. The fraction of sp³-hybridized carbons (Fsp3) is 0.409. The maximum absolute atomic E-state index is 13.4. The molecule has 1 aliphatic rings. The van der Waals surface area contributed by atoms with Gasteiger partial charge in [0.2, 0.25) is 0 Å². The fourth-order valence-corrected chi connectivity index (χ4v) is 3.36. The van der Waals surface area contributed by atoms with Gasteiger partial charge < -0.3 is 20.3 Å². The molecule has 2 aromatic rings.